The molecule has 0 aliphatic carbocycles. The van der Waals surface area contributed by atoms with Crippen molar-refractivity contribution in [1.29, 1.82) is 5.26 Å². The smallest absolute Gasteiger partial charge is 0.0684 e. The lowest BCUT2D eigenvalue weighted by molar-refractivity contribution is 0.157. The number of nitrogens with one attached hydrogen (secondary N) is 1. The van der Waals surface area contributed by atoms with Crippen molar-refractivity contribution in [3.05, 3.63) is 0 Å². The minimum atomic E-state index is -0.177. The summed E-state index contributed by atoms with van der Waals surface area (Å²) in [6.07, 6.45) is 3.63. The maximum absolute atomic E-state index is 9.04. The zero-order valence-corrected chi connectivity index (χ0v) is 12.5. The summed E-state index contributed by atoms with van der Waals surface area (Å²) in [5.74, 6) is 0.784. The quantitative estimate of drug-likeness (QED) is 0.789. The van der Waals surface area contributed by atoms with Gasteiger partial charge in [0.1, 0.15) is 0 Å². The van der Waals surface area contributed by atoms with Crippen LogP contribution in [0.2, 0.25) is 0 Å². The molecule has 1 N–H and O–H groups in total. The van der Waals surface area contributed by atoms with Gasteiger partial charge in [-0.25, -0.2) is 0 Å². The Kier molecular flexibility index (Phi) is 6.11. The second-order valence-electron chi connectivity index (χ2n) is 6.62. The van der Waals surface area contributed by atoms with Crippen LogP contribution in [0.5, 0.6) is 0 Å². The molecule has 3 heteroatoms. The number of piperidine rings is 1. The van der Waals surface area contributed by atoms with Crippen molar-refractivity contribution in [2.45, 2.75) is 53.0 Å². The Labute approximate surface area is 113 Å². The van der Waals surface area contributed by atoms with E-state index in [-0.39, 0.29) is 5.41 Å². The first kappa shape index (κ1) is 15.5. The van der Waals surface area contributed by atoms with Crippen LogP contribution in [0.25, 0.3) is 0 Å². The van der Waals surface area contributed by atoms with Crippen LogP contribution in [-0.4, -0.2) is 37.1 Å². The molecule has 0 amide bonds. The van der Waals surface area contributed by atoms with Gasteiger partial charge in [-0.2, -0.15) is 5.26 Å². The molecule has 0 spiro atoms. The third-order valence-corrected chi connectivity index (χ3v) is 3.77. The van der Waals surface area contributed by atoms with Gasteiger partial charge < -0.3 is 10.2 Å². The highest BCUT2D eigenvalue weighted by Gasteiger charge is 2.23. The molecule has 0 saturated carbocycles. The van der Waals surface area contributed by atoms with E-state index < -0.39 is 0 Å². The van der Waals surface area contributed by atoms with Gasteiger partial charge in [0.05, 0.1) is 11.5 Å². The van der Waals surface area contributed by atoms with Crippen molar-refractivity contribution in [3.8, 4) is 6.07 Å². The highest BCUT2D eigenvalue weighted by Crippen LogP contribution is 2.22. The maximum Gasteiger partial charge on any atom is 0.0684 e. The molecule has 1 atom stereocenters. The van der Waals surface area contributed by atoms with E-state index in [4.69, 9.17) is 5.26 Å². The van der Waals surface area contributed by atoms with Gasteiger partial charge >= 0.3 is 0 Å². The molecule has 1 aliphatic heterocycles. The fraction of sp³-hybridized carbons (Fsp3) is 0.933. The van der Waals surface area contributed by atoms with Gasteiger partial charge in [0.2, 0.25) is 0 Å². The molecule has 1 rings (SSSR count). The summed E-state index contributed by atoms with van der Waals surface area (Å²) in [5.41, 5.74) is -0.177. The zero-order valence-electron chi connectivity index (χ0n) is 12.5. The molecular formula is C15H29N3. The van der Waals surface area contributed by atoms with E-state index in [0.29, 0.717) is 6.04 Å². The normalized spacial score (nSPS) is 22.1. The lowest BCUT2D eigenvalue weighted by Gasteiger charge is -2.34. The predicted octanol–water partition coefficient (Wildman–Crippen LogP) is 2.64. The zero-order chi connectivity index (χ0) is 13.6. The number of nitrogens with zero attached hydrogens (tertiary/aromatic N) is 2. The molecule has 0 aromatic heterocycles. The number of rotatable bonds is 6. The Morgan fingerprint density at radius 2 is 2.17 bits per heavy atom. The Morgan fingerprint density at radius 1 is 1.44 bits per heavy atom. The second kappa shape index (κ2) is 7.11. The van der Waals surface area contributed by atoms with Crippen LogP contribution < -0.4 is 5.32 Å². The molecule has 104 valence electrons. The maximum atomic E-state index is 9.04. The fourth-order valence-corrected chi connectivity index (χ4v) is 2.42. The largest absolute Gasteiger partial charge is 0.314 e. The molecule has 3 nitrogen and oxygen atoms in total. The van der Waals surface area contributed by atoms with Gasteiger partial charge in [-0.15, -0.1) is 0 Å². The predicted molar refractivity (Wildman–Crippen MR) is 76.3 cm³/mol. The summed E-state index contributed by atoms with van der Waals surface area (Å²) in [7, 11) is 0. The van der Waals surface area contributed by atoms with Gasteiger partial charge in [0.25, 0.3) is 0 Å². The van der Waals surface area contributed by atoms with Crippen LogP contribution in [0.3, 0.4) is 0 Å². The molecule has 1 saturated heterocycles. The topological polar surface area (TPSA) is 39.1 Å². The van der Waals surface area contributed by atoms with Crippen LogP contribution in [0, 0.1) is 22.7 Å². The standard InChI is InChI=1S/C15H29N3/c1-13(2)17-10-14-6-5-8-18(11-14)9-7-15(3,4)12-16/h13-14,17H,5-11H2,1-4H3. The lowest BCUT2D eigenvalue weighted by atomic mass is 9.90. The average molecular weight is 251 g/mol. The highest BCUT2D eigenvalue weighted by atomic mass is 15.1. The summed E-state index contributed by atoms with van der Waals surface area (Å²) in [5, 5.41) is 12.6. The van der Waals surface area contributed by atoms with Crippen molar-refractivity contribution in [2.24, 2.45) is 11.3 Å². The van der Waals surface area contributed by atoms with Crippen LogP contribution in [-0.2, 0) is 0 Å². The van der Waals surface area contributed by atoms with E-state index in [0.717, 1.165) is 25.4 Å². The third-order valence-electron chi connectivity index (χ3n) is 3.77. The first-order valence-electron chi connectivity index (χ1n) is 7.30. The second-order valence-corrected chi connectivity index (χ2v) is 6.62. The summed E-state index contributed by atoms with van der Waals surface area (Å²) in [6, 6.07) is 2.97. The van der Waals surface area contributed by atoms with E-state index in [2.05, 4.69) is 30.1 Å². The van der Waals surface area contributed by atoms with Gasteiger partial charge in [-0.05, 0) is 58.7 Å². The van der Waals surface area contributed by atoms with E-state index in [1.165, 1.54) is 25.9 Å². The molecule has 1 unspecified atom stereocenters. The summed E-state index contributed by atoms with van der Waals surface area (Å²) in [4.78, 5) is 2.54. The fourth-order valence-electron chi connectivity index (χ4n) is 2.42. The van der Waals surface area contributed by atoms with Crippen LogP contribution in [0.15, 0.2) is 0 Å². The molecular weight excluding hydrogens is 222 g/mol. The van der Waals surface area contributed by atoms with Gasteiger partial charge in [0.15, 0.2) is 0 Å². The molecule has 0 radical (unpaired) electrons. The molecule has 18 heavy (non-hydrogen) atoms. The van der Waals surface area contributed by atoms with Gasteiger partial charge in [0, 0.05) is 12.6 Å². The van der Waals surface area contributed by atoms with Crippen molar-refractivity contribution < 1.29 is 0 Å². The molecule has 1 fully saturated rings. The lowest BCUT2D eigenvalue weighted by Crippen LogP contribution is -2.42. The van der Waals surface area contributed by atoms with E-state index >= 15 is 0 Å². The number of likely N-dealkylation sites (tertiary alicyclic amines) is 1. The van der Waals surface area contributed by atoms with Crippen LogP contribution in [0.4, 0.5) is 0 Å². The van der Waals surface area contributed by atoms with Crippen molar-refractivity contribution in [3.63, 3.8) is 0 Å². The third kappa shape index (κ3) is 5.84. The Bertz CT molecular complexity index is 278. The number of hydrogen-bond acceptors (Lipinski definition) is 3. The molecule has 0 aromatic carbocycles. The summed E-state index contributed by atoms with van der Waals surface area (Å²) < 4.78 is 0. The monoisotopic (exact) mass is 251 g/mol. The van der Waals surface area contributed by atoms with Crippen molar-refractivity contribution in [2.75, 3.05) is 26.2 Å². The first-order chi connectivity index (χ1) is 8.43. The van der Waals surface area contributed by atoms with Crippen molar-refractivity contribution >= 4 is 0 Å². The molecule has 0 aromatic rings. The SMILES string of the molecule is CC(C)NCC1CCCN(CCC(C)(C)C#N)C1. The first-order valence-corrected chi connectivity index (χ1v) is 7.30. The van der Waals surface area contributed by atoms with Gasteiger partial charge in [-0.3, -0.25) is 0 Å². The number of nitriles is 1. The van der Waals surface area contributed by atoms with Gasteiger partial charge in [-0.1, -0.05) is 13.8 Å². The Morgan fingerprint density at radius 3 is 2.78 bits per heavy atom. The van der Waals surface area contributed by atoms with Crippen molar-refractivity contribution in [1.82, 2.24) is 10.2 Å². The molecule has 1 heterocycles. The number of hydrogen-bond donors (Lipinski definition) is 1. The summed E-state index contributed by atoms with van der Waals surface area (Å²) >= 11 is 0. The molecule has 1 aliphatic rings. The Balaban J connectivity index is 2.29. The minimum absolute atomic E-state index is 0.177. The van der Waals surface area contributed by atoms with E-state index in [1.54, 1.807) is 0 Å². The van der Waals surface area contributed by atoms with E-state index in [1.807, 2.05) is 13.8 Å². The summed E-state index contributed by atoms with van der Waals surface area (Å²) in [6.45, 7) is 13.1. The van der Waals surface area contributed by atoms with E-state index in [9.17, 15) is 0 Å². The Hall–Kier alpha value is -0.590. The van der Waals surface area contributed by atoms with Crippen LogP contribution >= 0.6 is 0 Å². The van der Waals surface area contributed by atoms with Crippen LogP contribution in [0.1, 0.15) is 47.0 Å². The molecule has 0 bridgehead atoms. The minimum Gasteiger partial charge on any atom is -0.314 e. The highest BCUT2D eigenvalue weighted by molar-refractivity contribution is 4.92. The average Bonchev–Trinajstić information content (AvgIpc) is 2.35.